The molecule has 0 saturated carbocycles. The number of amides is 1. The summed E-state index contributed by atoms with van der Waals surface area (Å²) < 4.78 is 0. The van der Waals surface area contributed by atoms with E-state index in [1.165, 1.54) is 276 Å². The number of allylic oxidation sites excluding steroid dienone is 1. The van der Waals surface area contributed by atoms with Gasteiger partial charge in [0.2, 0.25) is 5.91 Å². The first kappa shape index (κ1) is 59.1. The molecule has 0 aliphatic rings. The van der Waals surface area contributed by atoms with Crippen molar-refractivity contribution in [3.05, 3.63) is 12.2 Å². The fourth-order valence-corrected chi connectivity index (χ4v) is 9.01. The van der Waals surface area contributed by atoms with Crippen LogP contribution < -0.4 is 5.32 Å². The van der Waals surface area contributed by atoms with Gasteiger partial charge in [0.15, 0.2) is 0 Å². The highest BCUT2D eigenvalue weighted by Gasteiger charge is 2.18. The highest BCUT2D eigenvalue weighted by Crippen LogP contribution is 2.18. The van der Waals surface area contributed by atoms with Gasteiger partial charge in [-0.25, -0.2) is 0 Å². The van der Waals surface area contributed by atoms with Crippen LogP contribution >= 0.6 is 0 Å². The number of hydrogen-bond acceptors (Lipinski definition) is 3. The molecule has 2 atom stereocenters. The molecule has 358 valence electrons. The van der Waals surface area contributed by atoms with Gasteiger partial charge in [-0.15, -0.1) is 0 Å². The topological polar surface area (TPSA) is 69.6 Å². The molecule has 0 spiro atoms. The number of nitrogens with one attached hydrogen (secondary N) is 1. The van der Waals surface area contributed by atoms with Crippen molar-refractivity contribution in [2.75, 3.05) is 6.61 Å². The van der Waals surface area contributed by atoms with Crippen molar-refractivity contribution >= 4 is 5.91 Å². The minimum atomic E-state index is -0.835. The Labute approximate surface area is 377 Å². The first-order valence-electron chi connectivity index (χ1n) is 27.9. The van der Waals surface area contributed by atoms with E-state index in [0.29, 0.717) is 6.42 Å². The van der Waals surface area contributed by atoms with Crippen LogP contribution in [0, 0.1) is 0 Å². The van der Waals surface area contributed by atoms with E-state index in [2.05, 4.69) is 19.2 Å². The molecule has 0 saturated heterocycles. The fraction of sp³-hybridized carbons (Fsp3) is 0.946. The lowest BCUT2D eigenvalue weighted by molar-refractivity contribution is -0.123. The van der Waals surface area contributed by atoms with Crippen LogP contribution in [0.2, 0.25) is 0 Å². The minimum absolute atomic E-state index is 0.0567. The molecule has 2 unspecified atom stereocenters. The van der Waals surface area contributed by atoms with Gasteiger partial charge in [-0.1, -0.05) is 309 Å². The fourth-order valence-electron chi connectivity index (χ4n) is 9.01. The lowest BCUT2D eigenvalue weighted by atomic mass is 10.0. The molecule has 0 aromatic rings. The summed E-state index contributed by atoms with van der Waals surface area (Å²) in [5.74, 6) is -0.0567. The average Bonchev–Trinajstić information content (AvgIpc) is 3.25. The van der Waals surface area contributed by atoms with E-state index in [9.17, 15) is 15.0 Å². The maximum absolute atomic E-state index is 12.4. The van der Waals surface area contributed by atoms with Crippen molar-refractivity contribution in [1.82, 2.24) is 5.32 Å². The Kier molecular flexibility index (Phi) is 51.7. The van der Waals surface area contributed by atoms with Gasteiger partial charge < -0.3 is 15.5 Å². The van der Waals surface area contributed by atoms with Gasteiger partial charge in [0.1, 0.15) is 0 Å². The zero-order valence-corrected chi connectivity index (χ0v) is 41.3. The molecule has 4 heteroatoms. The third-order valence-electron chi connectivity index (χ3n) is 13.3. The summed E-state index contributed by atoms with van der Waals surface area (Å²) in [7, 11) is 0. The molecule has 0 fully saturated rings. The first-order chi connectivity index (χ1) is 29.7. The number of hydrogen-bond donors (Lipinski definition) is 3. The van der Waals surface area contributed by atoms with E-state index in [-0.39, 0.29) is 12.5 Å². The molecule has 0 aliphatic carbocycles. The molecule has 0 aromatic heterocycles. The summed E-state index contributed by atoms with van der Waals surface area (Å²) in [6, 6.07) is -0.618. The molecule has 0 radical (unpaired) electrons. The molecule has 60 heavy (non-hydrogen) atoms. The smallest absolute Gasteiger partial charge is 0.220 e. The third-order valence-corrected chi connectivity index (χ3v) is 13.3. The molecule has 0 aromatic carbocycles. The molecule has 1 amide bonds. The molecular formula is C56H111NO3. The Bertz CT molecular complexity index is 829. The SMILES string of the molecule is CCCCCCCCCCCCCCCCCCCCCCCCCCCCCC/C=C/C(O)C(CO)NC(=O)CCCCCCCCCCCCCCCCCCCC. The second-order valence-corrected chi connectivity index (χ2v) is 19.4. The Hall–Kier alpha value is -0.870. The van der Waals surface area contributed by atoms with Crippen LogP contribution in [0.4, 0.5) is 0 Å². The van der Waals surface area contributed by atoms with Gasteiger partial charge in [0.25, 0.3) is 0 Å². The average molecular weight is 847 g/mol. The van der Waals surface area contributed by atoms with Crippen LogP contribution in [-0.2, 0) is 4.79 Å². The summed E-state index contributed by atoms with van der Waals surface area (Å²) in [6.07, 6.45) is 68.1. The van der Waals surface area contributed by atoms with E-state index < -0.39 is 12.1 Å². The highest BCUT2D eigenvalue weighted by molar-refractivity contribution is 5.76. The van der Waals surface area contributed by atoms with Crippen molar-refractivity contribution in [2.24, 2.45) is 0 Å². The van der Waals surface area contributed by atoms with Gasteiger partial charge in [-0.05, 0) is 19.3 Å². The largest absolute Gasteiger partial charge is 0.394 e. The van der Waals surface area contributed by atoms with Crippen LogP contribution in [-0.4, -0.2) is 34.9 Å². The van der Waals surface area contributed by atoms with Gasteiger partial charge in [0, 0.05) is 6.42 Å². The van der Waals surface area contributed by atoms with E-state index in [0.717, 1.165) is 25.7 Å². The van der Waals surface area contributed by atoms with Crippen molar-refractivity contribution in [2.45, 2.75) is 334 Å². The predicted molar refractivity (Wildman–Crippen MR) is 267 cm³/mol. The van der Waals surface area contributed by atoms with Crippen LogP contribution in [0.5, 0.6) is 0 Å². The molecular weight excluding hydrogens is 735 g/mol. The van der Waals surface area contributed by atoms with Crippen molar-refractivity contribution in [1.29, 1.82) is 0 Å². The van der Waals surface area contributed by atoms with Crippen LogP contribution in [0.1, 0.15) is 322 Å². The zero-order valence-electron chi connectivity index (χ0n) is 41.3. The molecule has 3 N–H and O–H groups in total. The number of carbonyl (C=O) groups is 1. The van der Waals surface area contributed by atoms with Gasteiger partial charge >= 0.3 is 0 Å². The van der Waals surface area contributed by atoms with Crippen LogP contribution in [0.25, 0.3) is 0 Å². The number of unbranched alkanes of at least 4 members (excludes halogenated alkanes) is 45. The van der Waals surface area contributed by atoms with Crippen LogP contribution in [0.15, 0.2) is 12.2 Å². The van der Waals surface area contributed by atoms with Crippen molar-refractivity contribution in [3.8, 4) is 0 Å². The summed E-state index contributed by atoms with van der Waals surface area (Å²) >= 11 is 0. The van der Waals surface area contributed by atoms with E-state index in [1.54, 1.807) is 6.08 Å². The monoisotopic (exact) mass is 846 g/mol. The summed E-state index contributed by atoms with van der Waals surface area (Å²) in [5, 5.41) is 23.2. The molecule has 0 bridgehead atoms. The summed E-state index contributed by atoms with van der Waals surface area (Å²) in [4.78, 5) is 12.4. The Morgan fingerprint density at radius 2 is 0.617 bits per heavy atom. The molecule has 0 aliphatic heterocycles. The van der Waals surface area contributed by atoms with E-state index >= 15 is 0 Å². The molecule has 0 heterocycles. The summed E-state index contributed by atoms with van der Waals surface area (Å²) in [5.41, 5.74) is 0. The van der Waals surface area contributed by atoms with Gasteiger partial charge in [-0.3, -0.25) is 4.79 Å². The number of carbonyl (C=O) groups excluding carboxylic acids is 1. The predicted octanol–water partition coefficient (Wildman–Crippen LogP) is 18.1. The molecule has 0 rings (SSSR count). The lowest BCUT2D eigenvalue weighted by Gasteiger charge is -2.20. The maximum Gasteiger partial charge on any atom is 0.220 e. The van der Waals surface area contributed by atoms with E-state index in [4.69, 9.17) is 0 Å². The maximum atomic E-state index is 12.4. The Balaban J connectivity index is 3.43. The third kappa shape index (κ3) is 48.2. The second-order valence-electron chi connectivity index (χ2n) is 19.4. The summed E-state index contributed by atoms with van der Waals surface area (Å²) in [6.45, 7) is 4.35. The second kappa shape index (κ2) is 52.5. The quantitative estimate of drug-likeness (QED) is 0.0422. The van der Waals surface area contributed by atoms with Gasteiger partial charge in [-0.2, -0.15) is 0 Å². The number of aliphatic hydroxyl groups is 2. The number of aliphatic hydroxyl groups excluding tert-OH is 2. The number of rotatable bonds is 52. The van der Waals surface area contributed by atoms with Crippen LogP contribution in [0.3, 0.4) is 0 Å². The van der Waals surface area contributed by atoms with E-state index in [1.807, 2.05) is 6.08 Å². The Morgan fingerprint density at radius 1 is 0.383 bits per heavy atom. The standard InChI is InChI=1S/C56H111NO3/c1-3-5-7-9-11-13-15-17-19-21-23-24-25-26-27-28-29-30-31-32-33-34-35-37-39-41-43-45-47-49-51-55(59)54(53-58)57-56(60)52-50-48-46-44-42-40-38-36-22-20-18-16-14-12-10-8-6-4-2/h49,51,54-55,58-59H,3-48,50,52-53H2,1-2H3,(H,57,60)/b51-49+. The Morgan fingerprint density at radius 3 is 0.867 bits per heavy atom. The van der Waals surface area contributed by atoms with Crippen molar-refractivity contribution in [3.63, 3.8) is 0 Å². The van der Waals surface area contributed by atoms with Crippen molar-refractivity contribution < 1.29 is 15.0 Å². The normalized spacial score (nSPS) is 12.8. The zero-order chi connectivity index (χ0) is 43.5. The van der Waals surface area contributed by atoms with Gasteiger partial charge in [0.05, 0.1) is 18.8 Å². The molecule has 4 nitrogen and oxygen atoms in total. The lowest BCUT2D eigenvalue weighted by Crippen LogP contribution is -2.45. The highest BCUT2D eigenvalue weighted by atomic mass is 16.3. The minimum Gasteiger partial charge on any atom is -0.394 e. The first-order valence-corrected chi connectivity index (χ1v) is 27.9.